The lowest BCUT2D eigenvalue weighted by molar-refractivity contribution is -0.384. The molecule has 0 bridgehead atoms. The van der Waals surface area contributed by atoms with Crippen LogP contribution in [0, 0.1) is 10.1 Å². The number of non-ortho nitro benzene ring substituents is 1. The molecule has 0 saturated heterocycles. The van der Waals surface area contributed by atoms with Crippen LogP contribution in [0.15, 0.2) is 18.2 Å². The Bertz CT molecular complexity index is 358. The molecule has 0 aromatic heterocycles. The van der Waals surface area contributed by atoms with Crippen molar-refractivity contribution >= 4 is 29.9 Å². The van der Waals surface area contributed by atoms with Crippen LogP contribution in [-0.2, 0) is 5.88 Å². The van der Waals surface area contributed by atoms with Crippen LogP contribution in [-0.4, -0.2) is 22.1 Å². The number of halogens is 1. The maximum absolute atomic E-state index is 10.4. The van der Waals surface area contributed by atoms with E-state index in [4.69, 9.17) is 21.6 Å². The number of alkyl halides is 1. The van der Waals surface area contributed by atoms with Gasteiger partial charge in [-0.25, -0.2) is 0 Å². The largest absolute Gasteiger partial charge is 0.489 e. The summed E-state index contributed by atoms with van der Waals surface area (Å²) >= 11 is 5.52. The molecule has 0 aliphatic heterocycles. The van der Waals surface area contributed by atoms with Crippen LogP contribution in [0.4, 0.5) is 5.69 Å². The van der Waals surface area contributed by atoms with Crippen molar-refractivity contribution in [3.05, 3.63) is 33.9 Å². The van der Waals surface area contributed by atoms with Gasteiger partial charge in [-0.15, -0.1) is 11.6 Å². The van der Waals surface area contributed by atoms with Crippen LogP contribution < -0.4 is 5.46 Å². The Morgan fingerprint density at radius 1 is 1.50 bits per heavy atom. The fraction of sp³-hybridized carbons (Fsp3) is 0.143. The Morgan fingerprint density at radius 2 is 2.14 bits per heavy atom. The fourth-order valence-electron chi connectivity index (χ4n) is 1.06. The second-order valence-electron chi connectivity index (χ2n) is 2.65. The first-order valence-corrected chi connectivity index (χ1v) is 4.29. The molecule has 0 aliphatic carbocycles. The maximum atomic E-state index is 10.4. The molecule has 7 heteroatoms. The minimum Gasteiger partial charge on any atom is -0.423 e. The maximum Gasteiger partial charge on any atom is 0.489 e. The van der Waals surface area contributed by atoms with Gasteiger partial charge in [0.25, 0.3) is 5.69 Å². The Morgan fingerprint density at radius 3 is 2.57 bits per heavy atom. The first-order valence-electron chi connectivity index (χ1n) is 3.75. The second-order valence-corrected chi connectivity index (χ2v) is 2.91. The number of benzene rings is 1. The standard InChI is InChI=1S/C7H7BClNO4/c9-4-5-1-2-6(10(13)14)3-7(5)8(11)12/h1-3,11-12H,4H2. The first-order chi connectivity index (χ1) is 6.56. The molecule has 0 unspecified atom stereocenters. The molecule has 0 atom stereocenters. The fourth-order valence-corrected chi connectivity index (χ4v) is 1.30. The van der Waals surface area contributed by atoms with E-state index in [9.17, 15) is 10.1 Å². The Kier molecular flexibility index (Phi) is 3.46. The first kappa shape index (κ1) is 11.0. The zero-order chi connectivity index (χ0) is 10.7. The van der Waals surface area contributed by atoms with Gasteiger partial charge in [0.05, 0.1) is 4.92 Å². The number of rotatable bonds is 3. The number of hydrogen-bond acceptors (Lipinski definition) is 4. The summed E-state index contributed by atoms with van der Waals surface area (Å²) in [4.78, 5) is 9.78. The van der Waals surface area contributed by atoms with Gasteiger partial charge in [0.2, 0.25) is 0 Å². The van der Waals surface area contributed by atoms with Gasteiger partial charge in [-0.05, 0) is 11.0 Å². The van der Waals surface area contributed by atoms with E-state index in [1.165, 1.54) is 12.1 Å². The predicted octanol–water partition coefficient (Wildman–Crippen LogP) is 0.0134. The van der Waals surface area contributed by atoms with Crippen LogP contribution in [0.3, 0.4) is 0 Å². The number of nitro groups is 1. The molecule has 0 radical (unpaired) electrons. The van der Waals surface area contributed by atoms with E-state index >= 15 is 0 Å². The highest BCUT2D eigenvalue weighted by molar-refractivity contribution is 6.59. The molecule has 0 heterocycles. The van der Waals surface area contributed by atoms with Gasteiger partial charge in [0.1, 0.15) is 0 Å². The van der Waals surface area contributed by atoms with Crippen molar-refractivity contribution in [2.24, 2.45) is 0 Å². The van der Waals surface area contributed by atoms with Gasteiger partial charge in [-0.2, -0.15) is 0 Å². The average molecular weight is 215 g/mol. The highest BCUT2D eigenvalue weighted by Crippen LogP contribution is 2.11. The predicted molar refractivity (Wildman–Crippen MR) is 52.5 cm³/mol. The smallest absolute Gasteiger partial charge is 0.423 e. The van der Waals surface area contributed by atoms with Gasteiger partial charge in [0, 0.05) is 18.0 Å². The third-order valence-corrected chi connectivity index (χ3v) is 2.05. The van der Waals surface area contributed by atoms with E-state index in [2.05, 4.69) is 0 Å². The van der Waals surface area contributed by atoms with Gasteiger partial charge in [-0.3, -0.25) is 10.1 Å². The highest BCUT2D eigenvalue weighted by atomic mass is 35.5. The SMILES string of the molecule is O=[N+]([O-])c1ccc(CCl)c(B(O)O)c1. The summed E-state index contributed by atoms with van der Waals surface area (Å²) in [6.07, 6.45) is 0. The summed E-state index contributed by atoms with van der Waals surface area (Å²) in [7, 11) is -1.75. The molecule has 2 N–H and O–H groups in total. The lowest BCUT2D eigenvalue weighted by Gasteiger charge is -2.04. The zero-order valence-electron chi connectivity index (χ0n) is 7.05. The van der Waals surface area contributed by atoms with Crippen molar-refractivity contribution in [1.29, 1.82) is 0 Å². The van der Waals surface area contributed by atoms with Crippen molar-refractivity contribution in [1.82, 2.24) is 0 Å². The number of nitro benzene ring substituents is 1. The van der Waals surface area contributed by atoms with Gasteiger partial charge in [-0.1, -0.05) is 6.07 Å². The van der Waals surface area contributed by atoms with E-state index in [0.29, 0.717) is 5.56 Å². The molecular formula is C7H7BClNO4. The molecule has 0 spiro atoms. The van der Waals surface area contributed by atoms with E-state index in [0.717, 1.165) is 6.07 Å². The van der Waals surface area contributed by atoms with Crippen molar-refractivity contribution in [3.63, 3.8) is 0 Å². The molecule has 1 aromatic rings. The molecule has 0 amide bonds. The minimum absolute atomic E-state index is 0.0641. The molecule has 0 aliphatic rings. The molecular weight excluding hydrogens is 208 g/mol. The molecule has 74 valence electrons. The lowest BCUT2D eigenvalue weighted by Crippen LogP contribution is -2.32. The van der Waals surface area contributed by atoms with Crippen LogP contribution in [0.25, 0.3) is 0 Å². The average Bonchev–Trinajstić information content (AvgIpc) is 2.16. The molecule has 0 saturated carbocycles. The van der Waals surface area contributed by atoms with Crippen molar-refractivity contribution in [3.8, 4) is 0 Å². The van der Waals surface area contributed by atoms with Crippen molar-refractivity contribution < 1.29 is 15.0 Å². The van der Waals surface area contributed by atoms with Crippen LogP contribution in [0.2, 0.25) is 0 Å². The van der Waals surface area contributed by atoms with E-state index in [1.54, 1.807) is 0 Å². The van der Waals surface area contributed by atoms with Crippen molar-refractivity contribution in [2.75, 3.05) is 0 Å². The molecule has 1 rings (SSSR count). The van der Waals surface area contributed by atoms with Crippen LogP contribution >= 0.6 is 11.6 Å². The topological polar surface area (TPSA) is 83.6 Å². The normalized spacial score (nSPS) is 9.93. The Labute approximate surface area is 85.2 Å². The van der Waals surface area contributed by atoms with E-state index < -0.39 is 12.0 Å². The molecule has 0 fully saturated rings. The molecule has 5 nitrogen and oxygen atoms in total. The van der Waals surface area contributed by atoms with Gasteiger partial charge < -0.3 is 10.0 Å². The summed E-state index contributed by atoms with van der Waals surface area (Å²) in [6, 6.07) is 3.77. The summed E-state index contributed by atoms with van der Waals surface area (Å²) in [5.74, 6) is 0.0744. The third kappa shape index (κ3) is 2.23. The lowest BCUT2D eigenvalue weighted by atomic mass is 9.77. The number of hydrogen-bond donors (Lipinski definition) is 2. The van der Waals surface area contributed by atoms with Crippen molar-refractivity contribution in [2.45, 2.75) is 5.88 Å². The highest BCUT2D eigenvalue weighted by Gasteiger charge is 2.19. The molecule has 1 aromatic carbocycles. The second kappa shape index (κ2) is 4.41. The van der Waals surface area contributed by atoms with E-state index in [1.807, 2.05) is 0 Å². The summed E-state index contributed by atoms with van der Waals surface area (Å²) in [5.41, 5.74) is 0.337. The monoisotopic (exact) mass is 215 g/mol. The number of nitrogens with zero attached hydrogens (tertiary/aromatic N) is 1. The Hall–Kier alpha value is -1.11. The quantitative estimate of drug-likeness (QED) is 0.322. The van der Waals surface area contributed by atoms with Gasteiger partial charge >= 0.3 is 7.12 Å². The van der Waals surface area contributed by atoms with Crippen LogP contribution in [0.1, 0.15) is 5.56 Å². The Balaban J connectivity index is 3.20. The molecule has 14 heavy (non-hydrogen) atoms. The van der Waals surface area contributed by atoms with Crippen LogP contribution in [0.5, 0.6) is 0 Å². The minimum atomic E-state index is -1.75. The summed E-state index contributed by atoms with van der Waals surface area (Å²) in [6.45, 7) is 0. The zero-order valence-corrected chi connectivity index (χ0v) is 7.81. The van der Waals surface area contributed by atoms with E-state index in [-0.39, 0.29) is 17.0 Å². The summed E-state index contributed by atoms with van der Waals surface area (Å²) < 4.78 is 0. The third-order valence-electron chi connectivity index (χ3n) is 1.76. The summed E-state index contributed by atoms with van der Waals surface area (Å²) in [5, 5.41) is 28.2. The van der Waals surface area contributed by atoms with Gasteiger partial charge in [0.15, 0.2) is 0 Å².